The van der Waals surface area contributed by atoms with Crippen molar-refractivity contribution in [3.63, 3.8) is 0 Å². The second-order valence-corrected chi connectivity index (χ2v) is 7.58. The van der Waals surface area contributed by atoms with Crippen LogP contribution in [0.25, 0.3) is 11.3 Å². The summed E-state index contributed by atoms with van der Waals surface area (Å²) in [6, 6.07) is 10.1. The molecule has 0 unspecified atom stereocenters. The minimum absolute atomic E-state index is 0.0865. The highest BCUT2D eigenvalue weighted by atomic mass is 16.5. The molecule has 6 nitrogen and oxygen atoms in total. The quantitative estimate of drug-likeness (QED) is 0.851. The van der Waals surface area contributed by atoms with Gasteiger partial charge < -0.3 is 15.0 Å². The second kappa shape index (κ2) is 8.13. The number of rotatable bonds is 5. The van der Waals surface area contributed by atoms with Gasteiger partial charge in [0.15, 0.2) is 0 Å². The lowest BCUT2D eigenvalue weighted by Crippen LogP contribution is -2.51. The molecule has 4 rings (SSSR count). The first-order valence-electron chi connectivity index (χ1n) is 9.97. The number of carbonyl (C=O) groups is 1. The van der Waals surface area contributed by atoms with E-state index in [2.05, 4.69) is 20.4 Å². The van der Waals surface area contributed by atoms with Crippen molar-refractivity contribution in [1.82, 2.24) is 20.4 Å². The van der Waals surface area contributed by atoms with Crippen molar-refractivity contribution in [1.29, 1.82) is 0 Å². The first-order valence-corrected chi connectivity index (χ1v) is 9.97. The summed E-state index contributed by atoms with van der Waals surface area (Å²) in [5.74, 6) is 1.21. The van der Waals surface area contributed by atoms with Gasteiger partial charge in [0.2, 0.25) is 0 Å². The summed E-state index contributed by atoms with van der Waals surface area (Å²) in [7, 11) is 1.64. The molecule has 2 aliphatic heterocycles. The van der Waals surface area contributed by atoms with Gasteiger partial charge in [-0.25, -0.2) is 0 Å². The van der Waals surface area contributed by atoms with Gasteiger partial charge in [-0.05, 0) is 62.9 Å². The molecule has 3 heterocycles. The molecular weight excluding hydrogens is 340 g/mol. The third-order valence-corrected chi connectivity index (χ3v) is 5.96. The highest BCUT2D eigenvalue weighted by molar-refractivity contribution is 5.93. The maximum Gasteiger partial charge on any atom is 0.269 e. The summed E-state index contributed by atoms with van der Waals surface area (Å²) in [6.45, 7) is 3.18. The summed E-state index contributed by atoms with van der Waals surface area (Å²) < 4.78 is 5.39. The monoisotopic (exact) mass is 368 g/mol. The van der Waals surface area contributed by atoms with Gasteiger partial charge in [0.1, 0.15) is 11.4 Å². The maximum absolute atomic E-state index is 12.6. The number of nitrogens with zero attached hydrogens (tertiary/aromatic N) is 2. The minimum atomic E-state index is -0.0865. The standard InChI is InChI=1S/C21H28N4O2/c1-27-20-10-3-2-8-16(20)17-13-18(24-23-17)21(26)22-14-15-7-6-12-25-11-5-4-9-19(15)25/h2-3,8,10,13,15,19H,4-7,9,11-12,14H2,1H3,(H,22,26)(H,23,24)/t15-,19+/m1/s1. The molecule has 2 saturated heterocycles. The van der Waals surface area contributed by atoms with Crippen LogP contribution in [0.5, 0.6) is 5.75 Å². The fourth-order valence-electron chi connectivity index (χ4n) is 4.57. The van der Waals surface area contributed by atoms with Crippen LogP contribution >= 0.6 is 0 Å². The zero-order valence-corrected chi connectivity index (χ0v) is 15.9. The first-order chi connectivity index (χ1) is 13.3. The molecule has 1 aromatic carbocycles. The third-order valence-electron chi connectivity index (χ3n) is 5.96. The molecule has 0 saturated carbocycles. The van der Waals surface area contributed by atoms with Crippen molar-refractivity contribution in [2.75, 3.05) is 26.7 Å². The van der Waals surface area contributed by atoms with Crippen LogP contribution in [0, 0.1) is 5.92 Å². The van der Waals surface area contributed by atoms with E-state index in [0.717, 1.165) is 17.9 Å². The smallest absolute Gasteiger partial charge is 0.269 e. The number of fused-ring (bicyclic) bond motifs is 1. The van der Waals surface area contributed by atoms with Crippen LogP contribution < -0.4 is 10.1 Å². The van der Waals surface area contributed by atoms with E-state index in [1.165, 1.54) is 45.2 Å². The van der Waals surface area contributed by atoms with Gasteiger partial charge in [-0.2, -0.15) is 5.10 Å². The molecule has 2 fully saturated rings. The van der Waals surface area contributed by atoms with Crippen molar-refractivity contribution >= 4 is 5.91 Å². The van der Waals surface area contributed by atoms with Gasteiger partial charge in [-0.15, -0.1) is 0 Å². The molecule has 144 valence electrons. The van der Waals surface area contributed by atoms with Crippen LogP contribution in [0.4, 0.5) is 0 Å². The van der Waals surface area contributed by atoms with Crippen molar-refractivity contribution in [2.45, 2.75) is 38.1 Å². The van der Waals surface area contributed by atoms with Gasteiger partial charge in [0.25, 0.3) is 5.91 Å². The predicted molar refractivity (Wildman–Crippen MR) is 105 cm³/mol. The molecule has 0 bridgehead atoms. The molecule has 1 amide bonds. The van der Waals surface area contributed by atoms with Crippen LogP contribution in [0.3, 0.4) is 0 Å². The normalized spacial score (nSPS) is 22.9. The molecule has 0 aliphatic carbocycles. The van der Waals surface area contributed by atoms with Gasteiger partial charge in [0.05, 0.1) is 12.8 Å². The number of benzene rings is 1. The van der Waals surface area contributed by atoms with Crippen LogP contribution in [0.2, 0.25) is 0 Å². The number of hydrogen-bond donors (Lipinski definition) is 2. The lowest BCUT2D eigenvalue weighted by molar-refractivity contribution is 0.0575. The highest BCUT2D eigenvalue weighted by Gasteiger charge is 2.33. The van der Waals surface area contributed by atoms with Crippen molar-refractivity contribution in [3.05, 3.63) is 36.0 Å². The van der Waals surface area contributed by atoms with Crippen molar-refractivity contribution in [3.8, 4) is 17.0 Å². The summed E-state index contributed by atoms with van der Waals surface area (Å²) >= 11 is 0. The molecule has 2 aliphatic rings. The topological polar surface area (TPSA) is 70.2 Å². The van der Waals surface area contributed by atoms with Crippen LogP contribution in [-0.2, 0) is 0 Å². The Morgan fingerprint density at radius 3 is 3.00 bits per heavy atom. The van der Waals surface area contributed by atoms with Crippen molar-refractivity contribution < 1.29 is 9.53 Å². The number of carbonyl (C=O) groups excluding carboxylic acids is 1. The SMILES string of the molecule is COc1ccccc1-c1cc(C(=O)NC[C@H]2CCCN3CCCC[C@@H]23)[nH]n1. The number of aromatic amines is 1. The first kappa shape index (κ1) is 18.0. The summed E-state index contributed by atoms with van der Waals surface area (Å²) in [5, 5.41) is 10.3. The van der Waals surface area contributed by atoms with E-state index in [-0.39, 0.29) is 5.91 Å². The van der Waals surface area contributed by atoms with E-state index >= 15 is 0 Å². The van der Waals surface area contributed by atoms with E-state index in [1.54, 1.807) is 13.2 Å². The Morgan fingerprint density at radius 2 is 2.11 bits per heavy atom. The average Bonchev–Trinajstić information content (AvgIpc) is 3.22. The molecule has 2 aromatic rings. The van der Waals surface area contributed by atoms with Gasteiger partial charge >= 0.3 is 0 Å². The summed E-state index contributed by atoms with van der Waals surface area (Å²) in [6.07, 6.45) is 6.34. The Morgan fingerprint density at radius 1 is 1.26 bits per heavy atom. The molecule has 1 aromatic heterocycles. The molecule has 2 N–H and O–H groups in total. The number of aromatic nitrogens is 2. The largest absolute Gasteiger partial charge is 0.496 e. The minimum Gasteiger partial charge on any atom is -0.496 e. The average molecular weight is 368 g/mol. The lowest BCUT2D eigenvalue weighted by Gasteiger charge is -2.44. The molecule has 6 heteroatoms. The van der Waals surface area contributed by atoms with Crippen molar-refractivity contribution in [2.24, 2.45) is 5.92 Å². The number of H-pyrrole nitrogens is 1. The molecule has 0 radical (unpaired) electrons. The Labute approximate surface area is 160 Å². The second-order valence-electron chi connectivity index (χ2n) is 7.58. The van der Waals surface area contributed by atoms with E-state index in [9.17, 15) is 4.79 Å². The highest BCUT2D eigenvalue weighted by Crippen LogP contribution is 2.31. The van der Waals surface area contributed by atoms with E-state index in [4.69, 9.17) is 4.74 Å². The number of piperidine rings is 2. The summed E-state index contributed by atoms with van der Waals surface area (Å²) in [4.78, 5) is 15.2. The predicted octanol–water partition coefficient (Wildman–Crippen LogP) is 3.08. The summed E-state index contributed by atoms with van der Waals surface area (Å²) in [5.41, 5.74) is 2.08. The number of para-hydroxylation sites is 1. The lowest BCUT2D eigenvalue weighted by atomic mass is 9.83. The third kappa shape index (κ3) is 3.86. The molecule has 0 spiro atoms. The van der Waals surface area contributed by atoms with Crippen LogP contribution in [0.1, 0.15) is 42.6 Å². The maximum atomic E-state index is 12.6. The number of methoxy groups -OCH3 is 1. The Hall–Kier alpha value is -2.34. The molecular formula is C21H28N4O2. The van der Waals surface area contributed by atoms with Crippen LogP contribution in [0.15, 0.2) is 30.3 Å². The van der Waals surface area contributed by atoms with Gasteiger partial charge in [0, 0.05) is 18.2 Å². The van der Waals surface area contributed by atoms with Gasteiger partial charge in [-0.1, -0.05) is 18.6 Å². The Kier molecular flexibility index (Phi) is 5.43. The number of amides is 1. The zero-order valence-electron chi connectivity index (χ0n) is 15.9. The van der Waals surface area contributed by atoms with E-state index in [1.807, 2.05) is 24.3 Å². The fraction of sp³-hybridized carbons (Fsp3) is 0.524. The fourth-order valence-corrected chi connectivity index (χ4v) is 4.57. The number of ether oxygens (including phenoxy) is 1. The molecule has 2 atom stereocenters. The Balaban J connectivity index is 1.40. The van der Waals surface area contributed by atoms with Crippen LogP contribution in [-0.4, -0.2) is 53.8 Å². The number of hydrogen-bond acceptors (Lipinski definition) is 4. The Bertz CT molecular complexity index is 786. The van der Waals surface area contributed by atoms with E-state index < -0.39 is 0 Å². The molecule has 27 heavy (non-hydrogen) atoms. The van der Waals surface area contributed by atoms with E-state index in [0.29, 0.717) is 23.3 Å². The zero-order chi connectivity index (χ0) is 18.6. The van der Waals surface area contributed by atoms with Gasteiger partial charge in [-0.3, -0.25) is 9.89 Å². The number of nitrogens with one attached hydrogen (secondary N) is 2.